The summed E-state index contributed by atoms with van der Waals surface area (Å²) in [7, 11) is 0. The fourth-order valence-corrected chi connectivity index (χ4v) is 5.66. The van der Waals surface area contributed by atoms with Crippen LogP contribution in [-0.4, -0.2) is 21.6 Å². The first-order valence-corrected chi connectivity index (χ1v) is 11.6. The van der Waals surface area contributed by atoms with Crippen LogP contribution in [0.4, 0.5) is 0 Å². The fourth-order valence-electron chi connectivity index (χ4n) is 3.37. The SMILES string of the molecule is O=C(CCSCc1nc2sc3c(c2c(=O)[nH]1)CCC3)NCc1ccccc1Cl. The number of amides is 1. The molecule has 0 saturated heterocycles. The Hall–Kier alpha value is -1.83. The highest BCUT2D eigenvalue weighted by atomic mass is 35.5. The number of thioether (sulfide) groups is 1. The Balaban J connectivity index is 1.27. The van der Waals surface area contributed by atoms with Gasteiger partial charge in [-0.1, -0.05) is 29.8 Å². The first kappa shape index (κ1) is 19.5. The van der Waals surface area contributed by atoms with Crippen molar-refractivity contribution in [2.75, 3.05) is 5.75 Å². The topological polar surface area (TPSA) is 74.8 Å². The van der Waals surface area contributed by atoms with Gasteiger partial charge in [0, 0.05) is 28.6 Å². The van der Waals surface area contributed by atoms with E-state index in [0.717, 1.165) is 35.0 Å². The lowest BCUT2D eigenvalue weighted by atomic mass is 10.2. The van der Waals surface area contributed by atoms with Crippen LogP contribution in [0.1, 0.15) is 34.7 Å². The van der Waals surface area contributed by atoms with E-state index in [2.05, 4.69) is 15.3 Å². The van der Waals surface area contributed by atoms with Gasteiger partial charge in [-0.3, -0.25) is 9.59 Å². The van der Waals surface area contributed by atoms with Crippen molar-refractivity contribution < 1.29 is 4.79 Å². The highest BCUT2D eigenvalue weighted by Gasteiger charge is 2.21. The number of hydrogen-bond donors (Lipinski definition) is 2. The number of fused-ring (bicyclic) bond motifs is 3. The van der Waals surface area contributed by atoms with Crippen molar-refractivity contribution >= 4 is 50.8 Å². The third-order valence-corrected chi connectivity index (χ3v) is 7.29. The predicted molar refractivity (Wildman–Crippen MR) is 116 cm³/mol. The molecule has 2 heterocycles. The van der Waals surface area contributed by atoms with Gasteiger partial charge < -0.3 is 10.3 Å². The predicted octanol–water partition coefficient (Wildman–Crippen LogP) is 4.07. The molecule has 4 rings (SSSR count). The maximum Gasteiger partial charge on any atom is 0.259 e. The first-order chi connectivity index (χ1) is 13.6. The van der Waals surface area contributed by atoms with Crippen molar-refractivity contribution in [3.8, 4) is 0 Å². The highest BCUT2D eigenvalue weighted by molar-refractivity contribution is 7.98. The van der Waals surface area contributed by atoms with Crippen molar-refractivity contribution in [2.24, 2.45) is 0 Å². The summed E-state index contributed by atoms with van der Waals surface area (Å²) in [6.07, 6.45) is 3.59. The molecule has 8 heteroatoms. The number of rotatable bonds is 7. The summed E-state index contributed by atoms with van der Waals surface area (Å²) in [4.78, 5) is 34.1. The summed E-state index contributed by atoms with van der Waals surface area (Å²) in [6, 6.07) is 7.47. The Morgan fingerprint density at radius 3 is 3.04 bits per heavy atom. The van der Waals surface area contributed by atoms with E-state index in [-0.39, 0.29) is 11.5 Å². The number of aromatic amines is 1. The largest absolute Gasteiger partial charge is 0.352 e. The molecule has 0 spiro atoms. The van der Waals surface area contributed by atoms with Gasteiger partial charge in [-0.2, -0.15) is 11.8 Å². The Bertz CT molecular complexity index is 1080. The van der Waals surface area contributed by atoms with E-state index < -0.39 is 0 Å². The minimum Gasteiger partial charge on any atom is -0.352 e. The smallest absolute Gasteiger partial charge is 0.259 e. The molecule has 0 aliphatic heterocycles. The third-order valence-electron chi connectivity index (χ3n) is 4.77. The van der Waals surface area contributed by atoms with Crippen LogP contribution < -0.4 is 10.9 Å². The maximum absolute atomic E-state index is 12.4. The quantitative estimate of drug-likeness (QED) is 0.551. The van der Waals surface area contributed by atoms with Crippen LogP contribution in [0.15, 0.2) is 29.1 Å². The molecule has 0 saturated carbocycles. The van der Waals surface area contributed by atoms with Crippen LogP contribution in [0.3, 0.4) is 0 Å². The summed E-state index contributed by atoms with van der Waals surface area (Å²) in [5.74, 6) is 1.92. The molecule has 5 nitrogen and oxygen atoms in total. The third kappa shape index (κ3) is 4.26. The minimum absolute atomic E-state index is 0.0148. The second kappa shape index (κ2) is 8.68. The van der Waals surface area contributed by atoms with Gasteiger partial charge in [0.15, 0.2) is 0 Å². The molecule has 1 aliphatic carbocycles. The van der Waals surface area contributed by atoms with Crippen LogP contribution >= 0.6 is 34.7 Å². The van der Waals surface area contributed by atoms with Gasteiger partial charge >= 0.3 is 0 Å². The number of aromatic nitrogens is 2. The Kier molecular flexibility index (Phi) is 6.04. The zero-order valence-corrected chi connectivity index (χ0v) is 17.6. The molecule has 0 radical (unpaired) electrons. The molecule has 0 bridgehead atoms. The molecule has 146 valence electrons. The summed E-state index contributed by atoms with van der Waals surface area (Å²) >= 11 is 9.33. The summed E-state index contributed by atoms with van der Waals surface area (Å²) < 4.78 is 0. The van der Waals surface area contributed by atoms with Crippen molar-refractivity contribution in [3.05, 3.63) is 61.5 Å². The standard InChI is InChI=1S/C20H20ClN3O2S2/c21-14-6-2-1-4-12(14)10-22-17(25)8-9-27-11-16-23-19(26)18-13-5-3-7-15(13)28-20(18)24-16/h1-2,4,6H,3,5,7-11H2,(H,22,25)(H,23,24,26). The number of carbonyl (C=O) groups excluding carboxylic acids is 1. The van der Waals surface area contributed by atoms with Crippen molar-refractivity contribution in [2.45, 2.75) is 38.0 Å². The van der Waals surface area contributed by atoms with E-state index >= 15 is 0 Å². The lowest BCUT2D eigenvalue weighted by molar-refractivity contribution is -0.120. The van der Waals surface area contributed by atoms with Crippen LogP contribution in [0.5, 0.6) is 0 Å². The molecule has 2 aromatic heterocycles. The molecular formula is C20H20ClN3O2S2. The average molecular weight is 434 g/mol. The molecular weight excluding hydrogens is 414 g/mol. The summed E-state index contributed by atoms with van der Waals surface area (Å²) in [6.45, 7) is 0.428. The Labute approximate surface area is 175 Å². The molecule has 2 N–H and O–H groups in total. The van der Waals surface area contributed by atoms with Crippen LogP contribution in [0.25, 0.3) is 10.2 Å². The number of halogens is 1. The van der Waals surface area contributed by atoms with E-state index in [9.17, 15) is 9.59 Å². The normalized spacial score (nSPS) is 13.0. The molecule has 1 amide bonds. The number of nitrogens with one attached hydrogen (secondary N) is 2. The number of H-pyrrole nitrogens is 1. The molecule has 0 atom stereocenters. The summed E-state index contributed by atoms with van der Waals surface area (Å²) in [5, 5.41) is 4.32. The number of nitrogens with zero attached hydrogens (tertiary/aromatic N) is 1. The second-order valence-electron chi connectivity index (χ2n) is 6.72. The fraction of sp³-hybridized carbons (Fsp3) is 0.350. The van der Waals surface area contributed by atoms with E-state index in [1.165, 1.54) is 10.4 Å². The molecule has 28 heavy (non-hydrogen) atoms. The van der Waals surface area contributed by atoms with Gasteiger partial charge in [-0.05, 0) is 36.5 Å². The van der Waals surface area contributed by atoms with Crippen LogP contribution in [0.2, 0.25) is 5.02 Å². The summed E-state index contributed by atoms with van der Waals surface area (Å²) in [5.41, 5.74) is 2.07. The number of benzene rings is 1. The maximum atomic E-state index is 12.4. The Morgan fingerprint density at radius 1 is 1.32 bits per heavy atom. The van der Waals surface area contributed by atoms with E-state index in [1.807, 2.05) is 24.3 Å². The van der Waals surface area contributed by atoms with Crippen molar-refractivity contribution in [1.29, 1.82) is 0 Å². The number of thiophene rings is 1. The second-order valence-corrected chi connectivity index (χ2v) is 9.32. The monoisotopic (exact) mass is 433 g/mol. The van der Waals surface area contributed by atoms with Gasteiger partial charge in [-0.25, -0.2) is 4.98 Å². The molecule has 1 aromatic carbocycles. The zero-order valence-electron chi connectivity index (χ0n) is 15.2. The van der Waals surface area contributed by atoms with Gasteiger partial charge in [-0.15, -0.1) is 11.3 Å². The first-order valence-electron chi connectivity index (χ1n) is 9.23. The van der Waals surface area contributed by atoms with Gasteiger partial charge in [0.25, 0.3) is 5.56 Å². The lowest BCUT2D eigenvalue weighted by Crippen LogP contribution is -2.23. The van der Waals surface area contributed by atoms with Crippen LogP contribution in [0, 0.1) is 0 Å². The highest BCUT2D eigenvalue weighted by Crippen LogP contribution is 2.34. The minimum atomic E-state index is -0.0301. The van der Waals surface area contributed by atoms with Gasteiger partial charge in [0.2, 0.25) is 5.91 Å². The van der Waals surface area contributed by atoms with Crippen molar-refractivity contribution in [3.63, 3.8) is 0 Å². The van der Waals surface area contributed by atoms with Crippen molar-refractivity contribution in [1.82, 2.24) is 15.3 Å². The number of aryl methyl sites for hydroxylation is 2. The zero-order chi connectivity index (χ0) is 19.5. The molecule has 0 fully saturated rings. The number of carbonyl (C=O) groups is 1. The molecule has 0 unspecified atom stereocenters. The van der Waals surface area contributed by atoms with Gasteiger partial charge in [0.1, 0.15) is 10.7 Å². The van der Waals surface area contributed by atoms with Crippen LogP contribution in [-0.2, 0) is 29.9 Å². The van der Waals surface area contributed by atoms with Gasteiger partial charge in [0.05, 0.1) is 11.1 Å². The van der Waals surface area contributed by atoms with E-state index in [4.69, 9.17) is 11.6 Å². The lowest BCUT2D eigenvalue weighted by Gasteiger charge is -2.07. The Morgan fingerprint density at radius 2 is 2.18 bits per heavy atom. The van der Waals surface area contributed by atoms with E-state index in [1.54, 1.807) is 23.1 Å². The average Bonchev–Trinajstić information content (AvgIpc) is 3.25. The number of hydrogen-bond acceptors (Lipinski definition) is 5. The molecule has 1 aliphatic rings. The molecule has 3 aromatic rings. The van der Waals surface area contributed by atoms with E-state index in [0.29, 0.717) is 35.3 Å².